The molecule has 0 aromatic carbocycles. The molecule has 2 aliphatic carbocycles. The maximum atomic E-state index is 6.11. The molecule has 2 heterocycles. The highest BCUT2D eigenvalue weighted by molar-refractivity contribution is 4.85. The summed E-state index contributed by atoms with van der Waals surface area (Å²) in [6.07, 6.45) is 9.61. The Morgan fingerprint density at radius 1 is 0.667 bits per heavy atom. The molecule has 2 atom stereocenters. The van der Waals surface area contributed by atoms with Crippen LogP contribution in [0.2, 0.25) is 0 Å². The van der Waals surface area contributed by atoms with Crippen molar-refractivity contribution in [1.29, 1.82) is 0 Å². The average molecular weight is 340 g/mol. The molecule has 0 bridgehead atoms. The van der Waals surface area contributed by atoms with Gasteiger partial charge in [-0.05, 0) is 25.7 Å². The summed E-state index contributed by atoms with van der Waals surface area (Å²) < 4.78 is 24.0. The summed E-state index contributed by atoms with van der Waals surface area (Å²) >= 11 is 0. The van der Waals surface area contributed by atoms with Crippen LogP contribution in [-0.4, -0.2) is 63.2 Å². The number of ether oxygens (including phenoxy) is 4. The van der Waals surface area contributed by atoms with Crippen molar-refractivity contribution >= 4 is 0 Å². The summed E-state index contributed by atoms with van der Waals surface area (Å²) in [6.45, 7) is 5.08. The van der Waals surface area contributed by atoms with E-state index in [1.807, 2.05) is 0 Å². The Bertz CT molecular complexity index is 370. The van der Waals surface area contributed by atoms with Crippen LogP contribution >= 0.6 is 0 Å². The zero-order valence-electron chi connectivity index (χ0n) is 14.7. The van der Waals surface area contributed by atoms with Gasteiger partial charge in [0.1, 0.15) is 0 Å². The van der Waals surface area contributed by atoms with Crippen LogP contribution in [0.25, 0.3) is 0 Å². The second-order valence-electron chi connectivity index (χ2n) is 7.75. The molecule has 138 valence electrons. The molecular formula is C18H32N2O4. The van der Waals surface area contributed by atoms with E-state index in [-0.39, 0.29) is 23.8 Å². The number of rotatable bonds is 7. The fourth-order valence-electron chi connectivity index (χ4n) is 4.49. The topological polar surface area (TPSA) is 61.0 Å². The third-order valence-corrected chi connectivity index (χ3v) is 5.78. The van der Waals surface area contributed by atoms with E-state index in [0.717, 1.165) is 65.1 Å². The van der Waals surface area contributed by atoms with E-state index in [0.29, 0.717) is 0 Å². The maximum Gasteiger partial charge on any atom is 0.168 e. The third-order valence-electron chi connectivity index (χ3n) is 5.78. The van der Waals surface area contributed by atoms with Crippen LogP contribution in [0.3, 0.4) is 0 Å². The molecule has 2 unspecified atom stereocenters. The van der Waals surface area contributed by atoms with Crippen LogP contribution in [-0.2, 0) is 18.9 Å². The number of hydrogen-bond acceptors (Lipinski definition) is 6. The zero-order valence-corrected chi connectivity index (χ0v) is 14.7. The zero-order chi connectivity index (χ0) is 16.3. The van der Waals surface area contributed by atoms with Gasteiger partial charge in [0.25, 0.3) is 0 Å². The quantitative estimate of drug-likeness (QED) is 0.686. The molecule has 24 heavy (non-hydrogen) atoms. The molecule has 4 aliphatic rings. The van der Waals surface area contributed by atoms with Gasteiger partial charge >= 0.3 is 0 Å². The average Bonchev–Trinajstić information content (AvgIpc) is 3.37. The minimum absolute atomic E-state index is 0.205. The first-order valence-electron chi connectivity index (χ1n) is 9.83. The van der Waals surface area contributed by atoms with Crippen LogP contribution in [0.4, 0.5) is 0 Å². The lowest BCUT2D eigenvalue weighted by Crippen LogP contribution is -2.38. The molecule has 2 aliphatic heterocycles. The van der Waals surface area contributed by atoms with Gasteiger partial charge in [0, 0.05) is 51.9 Å². The van der Waals surface area contributed by atoms with Crippen LogP contribution in [0.15, 0.2) is 0 Å². The lowest BCUT2D eigenvalue weighted by molar-refractivity contribution is -0.161. The Hall–Kier alpha value is -0.240. The van der Waals surface area contributed by atoms with Crippen molar-refractivity contribution in [2.75, 3.05) is 39.4 Å². The van der Waals surface area contributed by atoms with Gasteiger partial charge in [-0.1, -0.05) is 0 Å². The molecule has 2 saturated heterocycles. The summed E-state index contributed by atoms with van der Waals surface area (Å²) in [5.74, 6) is -0.471. The first-order valence-corrected chi connectivity index (χ1v) is 9.83. The SMILES string of the molecule is C1CCC2(C1)OCC(CNCCNCC1COC3(CCCC3)O1)O2. The summed E-state index contributed by atoms with van der Waals surface area (Å²) in [4.78, 5) is 0. The van der Waals surface area contributed by atoms with Gasteiger partial charge in [-0.15, -0.1) is 0 Å². The van der Waals surface area contributed by atoms with Crippen molar-refractivity contribution in [1.82, 2.24) is 10.6 Å². The van der Waals surface area contributed by atoms with Crippen molar-refractivity contribution in [2.24, 2.45) is 0 Å². The Morgan fingerprint density at radius 3 is 1.50 bits per heavy atom. The summed E-state index contributed by atoms with van der Waals surface area (Å²) in [7, 11) is 0. The van der Waals surface area contributed by atoms with Crippen LogP contribution < -0.4 is 10.6 Å². The lowest BCUT2D eigenvalue weighted by Gasteiger charge is -2.22. The van der Waals surface area contributed by atoms with Crippen LogP contribution in [0.1, 0.15) is 51.4 Å². The normalized spacial score (nSPS) is 34.0. The molecule has 0 aromatic heterocycles. The smallest absolute Gasteiger partial charge is 0.168 e. The minimum atomic E-state index is -0.236. The van der Waals surface area contributed by atoms with Crippen molar-refractivity contribution in [3.8, 4) is 0 Å². The van der Waals surface area contributed by atoms with E-state index >= 15 is 0 Å². The first-order chi connectivity index (χ1) is 11.8. The van der Waals surface area contributed by atoms with Crippen molar-refractivity contribution < 1.29 is 18.9 Å². The predicted octanol–water partition coefficient (Wildman–Crippen LogP) is 1.54. The minimum Gasteiger partial charge on any atom is -0.347 e. The number of nitrogens with one attached hydrogen (secondary N) is 2. The molecule has 2 spiro atoms. The Labute approximate surface area is 144 Å². The van der Waals surface area contributed by atoms with Crippen LogP contribution in [0, 0.1) is 0 Å². The summed E-state index contributed by atoms with van der Waals surface area (Å²) in [6, 6.07) is 0. The molecule has 6 heteroatoms. The molecule has 6 nitrogen and oxygen atoms in total. The fourth-order valence-corrected chi connectivity index (χ4v) is 4.49. The monoisotopic (exact) mass is 340 g/mol. The third kappa shape index (κ3) is 3.94. The Balaban J connectivity index is 1.04. The highest BCUT2D eigenvalue weighted by atomic mass is 16.7. The van der Waals surface area contributed by atoms with Gasteiger partial charge in [0.15, 0.2) is 11.6 Å². The first kappa shape index (κ1) is 17.2. The molecule has 4 fully saturated rings. The molecular weight excluding hydrogens is 308 g/mol. The highest BCUT2D eigenvalue weighted by Gasteiger charge is 2.44. The van der Waals surface area contributed by atoms with Crippen molar-refractivity contribution in [3.63, 3.8) is 0 Å². The van der Waals surface area contributed by atoms with E-state index in [1.54, 1.807) is 0 Å². The number of hydrogen-bond donors (Lipinski definition) is 2. The van der Waals surface area contributed by atoms with Gasteiger partial charge < -0.3 is 29.6 Å². The molecule has 0 radical (unpaired) electrons. The summed E-state index contributed by atoms with van der Waals surface area (Å²) in [5.41, 5.74) is 0. The highest BCUT2D eigenvalue weighted by Crippen LogP contribution is 2.39. The van der Waals surface area contributed by atoms with Gasteiger partial charge in [0.05, 0.1) is 25.4 Å². The van der Waals surface area contributed by atoms with Crippen molar-refractivity contribution in [3.05, 3.63) is 0 Å². The molecule has 0 amide bonds. The lowest BCUT2D eigenvalue weighted by atomic mass is 10.2. The largest absolute Gasteiger partial charge is 0.347 e. The van der Waals surface area contributed by atoms with E-state index < -0.39 is 0 Å². The molecule has 2 saturated carbocycles. The van der Waals surface area contributed by atoms with Gasteiger partial charge in [-0.3, -0.25) is 0 Å². The van der Waals surface area contributed by atoms with E-state index in [4.69, 9.17) is 18.9 Å². The fraction of sp³-hybridized carbons (Fsp3) is 1.00. The molecule has 2 N–H and O–H groups in total. The van der Waals surface area contributed by atoms with E-state index in [9.17, 15) is 0 Å². The Kier molecular flexibility index (Phi) is 5.41. The second-order valence-corrected chi connectivity index (χ2v) is 7.75. The van der Waals surface area contributed by atoms with E-state index in [1.165, 1.54) is 25.7 Å². The van der Waals surface area contributed by atoms with Gasteiger partial charge in [-0.2, -0.15) is 0 Å². The van der Waals surface area contributed by atoms with Crippen LogP contribution in [0.5, 0.6) is 0 Å². The second kappa shape index (κ2) is 7.56. The van der Waals surface area contributed by atoms with Gasteiger partial charge in [-0.25, -0.2) is 0 Å². The molecule has 4 rings (SSSR count). The van der Waals surface area contributed by atoms with Crippen molar-refractivity contribution in [2.45, 2.75) is 75.1 Å². The predicted molar refractivity (Wildman–Crippen MR) is 89.8 cm³/mol. The Morgan fingerprint density at radius 2 is 1.08 bits per heavy atom. The molecule has 0 aromatic rings. The van der Waals surface area contributed by atoms with Gasteiger partial charge in [0.2, 0.25) is 0 Å². The standard InChI is InChI=1S/C18H32N2O4/c1-2-6-17(5-1)21-13-15(23-17)11-19-9-10-20-12-16-14-22-18(24-16)7-3-4-8-18/h15-16,19-20H,1-14H2. The maximum absolute atomic E-state index is 6.11. The summed E-state index contributed by atoms with van der Waals surface area (Å²) in [5, 5.41) is 6.94. The van der Waals surface area contributed by atoms with E-state index in [2.05, 4.69) is 10.6 Å².